The predicted octanol–water partition coefficient (Wildman–Crippen LogP) is 7.29. The molecule has 0 saturated heterocycles. The van der Waals surface area contributed by atoms with Crippen molar-refractivity contribution < 1.29 is 4.74 Å². The molecule has 0 radical (unpaired) electrons. The van der Waals surface area contributed by atoms with Crippen LogP contribution in [0, 0.1) is 0 Å². The topological polar surface area (TPSA) is 22.1 Å². The van der Waals surface area contributed by atoms with E-state index in [1.807, 2.05) is 42.5 Å². The van der Waals surface area contributed by atoms with Crippen molar-refractivity contribution in [3.8, 4) is 11.6 Å². The zero-order valence-corrected chi connectivity index (χ0v) is 17.6. The molecule has 1 atom stereocenters. The molecule has 3 aromatic rings. The third kappa shape index (κ3) is 5.80. The Morgan fingerprint density at radius 2 is 1.69 bits per heavy atom. The molecular weight excluding hydrogens is 354 g/mol. The van der Waals surface area contributed by atoms with Crippen LogP contribution in [0.1, 0.15) is 49.9 Å². The average molecular weight is 386 g/mol. The number of pyridine rings is 1. The SMILES string of the molecule is C=CC(C)(CCCc1cccc(Oc2ccccc2)n1)c1ccc(CCC)cc1. The van der Waals surface area contributed by atoms with Gasteiger partial charge in [0.05, 0.1) is 0 Å². The number of benzene rings is 2. The fourth-order valence-corrected chi connectivity index (χ4v) is 3.60. The number of nitrogens with zero attached hydrogens (tertiary/aromatic N) is 1. The van der Waals surface area contributed by atoms with Crippen molar-refractivity contribution in [2.75, 3.05) is 0 Å². The fourth-order valence-electron chi connectivity index (χ4n) is 3.60. The third-order valence-electron chi connectivity index (χ3n) is 5.48. The molecule has 0 aliphatic heterocycles. The van der Waals surface area contributed by atoms with E-state index in [9.17, 15) is 0 Å². The number of para-hydroxylation sites is 1. The summed E-state index contributed by atoms with van der Waals surface area (Å²) in [6.07, 6.45) is 7.40. The minimum Gasteiger partial charge on any atom is -0.439 e. The minimum absolute atomic E-state index is 0.0249. The maximum atomic E-state index is 5.86. The molecule has 2 heteroatoms. The second-order valence-electron chi connectivity index (χ2n) is 7.80. The van der Waals surface area contributed by atoms with E-state index in [0.29, 0.717) is 5.88 Å². The molecule has 0 spiro atoms. The lowest BCUT2D eigenvalue weighted by atomic mass is 9.78. The van der Waals surface area contributed by atoms with Crippen LogP contribution in [0.15, 0.2) is 85.5 Å². The number of hydrogen-bond acceptors (Lipinski definition) is 2. The van der Waals surface area contributed by atoms with Gasteiger partial charge in [0, 0.05) is 17.2 Å². The van der Waals surface area contributed by atoms with Gasteiger partial charge in [0.1, 0.15) is 5.75 Å². The largest absolute Gasteiger partial charge is 0.439 e. The van der Waals surface area contributed by atoms with Crippen LogP contribution in [0.3, 0.4) is 0 Å². The first-order valence-electron chi connectivity index (χ1n) is 10.5. The van der Waals surface area contributed by atoms with Gasteiger partial charge < -0.3 is 4.74 Å². The average Bonchev–Trinajstić information content (AvgIpc) is 2.75. The molecule has 0 aliphatic rings. The van der Waals surface area contributed by atoms with Crippen LogP contribution in [0.4, 0.5) is 0 Å². The highest BCUT2D eigenvalue weighted by molar-refractivity contribution is 5.32. The van der Waals surface area contributed by atoms with Crippen LogP contribution >= 0.6 is 0 Å². The number of rotatable bonds is 10. The normalized spacial score (nSPS) is 12.9. The van der Waals surface area contributed by atoms with Gasteiger partial charge in [-0.3, -0.25) is 0 Å². The van der Waals surface area contributed by atoms with Crippen molar-refractivity contribution >= 4 is 0 Å². The Balaban J connectivity index is 1.60. The highest BCUT2D eigenvalue weighted by Crippen LogP contribution is 2.31. The van der Waals surface area contributed by atoms with Crippen molar-refractivity contribution in [2.24, 2.45) is 0 Å². The second kappa shape index (κ2) is 10.1. The Hall–Kier alpha value is -2.87. The van der Waals surface area contributed by atoms with Gasteiger partial charge in [0.15, 0.2) is 0 Å². The van der Waals surface area contributed by atoms with Gasteiger partial charge >= 0.3 is 0 Å². The first-order valence-corrected chi connectivity index (χ1v) is 10.5. The van der Waals surface area contributed by atoms with Crippen LogP contribution in [-0.4, -0.2) is 4.98 Å². The minimum atomic E-state index is -0.0249. The maximum Gasteiger partial charge on any atom is 0.219 e. The van der Waals surface area contributed by atoms with Gasteiger partial charge in [-0.05, 0) is 55.0 Å². The molecule has 0 amide bonds. The lowest BCUT2D eigenvalue weighted by molar-refractivity contribution is 0.458. The molecule has 0 fully saturated rings. The lowest BCUT2D eigenvalue weighted by Crippen LogP contribution is -2.19. The van der Waals surface area contributed by atoms with E-state index in [1.165, 1.54) is 17.5 Å². The maximum absolute atomic E-state index is 5.86. The van der Waals surface area contributed by atoms with Gasteiger partial charge in [-0.15, -0.1) is 6.58 Å². The van der Waals surface area contributed by atoms with Crippen molar-refractivity contribution in [2.45, 2.75) is 51.4 Å². The quantitative estimate of drug-likeness (QED) is 0.342. The van der Waals surface area contributed by atoms with Gasteiger partial charge in [0.25, 0.3) is 0 Å². The summed E-state index contributed by atoms with van der Waals surface area (Å²) in [6, 6.07) is 24.8. The smallest absolute Gasteiger partial charge is 0.219 e. The van der Waals surface area contributed by atoms with Gasteiger partial charge in [-0.1, -0.05) is 74.9 Å². The van der Waals surface area contributed by atoms with Gasteiger partial charge in [-0.2, -0.15) is 0 Å². The monoisotopic (exact) mass is 385 g/mol. The number of aryl methyl sites for hydroxylation is 2. The standard InChI is InChI=1S/C27H31NO/c1-4-11-22-17-19-23(20-18-22)27(3,5-2)21-10-13-24-12-9-16-26(28-24)29-25-14-7-6-8-15-25/h5-9,12,14-20H,2,4,10-11,13,21H2,1,3H3. The molecule has 3 rings (SSSR count). The molecule has 0 aliphatic carbocycles. The zero-order chi connectivity index (χ0) is 20.5. The van der Waals surface area contributed by atoms with E-state index >= 15 is 0 Å². The van der Waals surface area contributed by atoms with E-state index in [4.69, 9.17) is 4.74 Å². The summed E-state index contributed by atoms with van der Waals surface area (Å²) in [4.78, 5) is 4.67. The first kappa shape index (κ1) is 20.9. The molecule has 1 aromatic heterocycles. The predicted molar refractivity (Wildman–Crippen MR) is 122 cm³/mol. The zero-order valence-electron chi connectivity index (χ0n) is 17.6. The summed E-state index contributed by atoms with van der Waals surface area (Å²) in [6.45, 7) is 8.61. The van der Waals surface area contributed by atoms with Crippen molar-refractivity contribution in [1.29, 1.82) is 0 Å². The summed E-state index contributed by atoms with van der Waals surface area (Å²) >= 11 is 0. The Kier molecular flexibility index (Phi) is 7.24. The number of ether oxygens (including phenoxy) is 1. The van der Waals surface area contributed by atoms with E-state index in [-0.39, 0.29) is 5.41 Å². The van der Waals surface area contributed by atoms with Crippen molar-refractivity contribution in [3.63, 3.8) is 0 Å². The third-order valence-corrected chi connectivity index (χ3v) is 5.48. The number of aromatic nitrogens is 1. The summed E-state index contributed by atoms with van der Waals surface area (Å²) in [5.41, 5.74) is 3.77. The molecule has 0 saturated carbocycles. The molecule has 2 nitrogen and oxygen atoms in total. The summed E-state index contributed by atoms with van der Waals surface area (Å²) < 4.78 is 5.86. The van der Waals surface area contributed by atoms with Crippen LogP contribution in [-0.2, 0) is 18.3 Å². The lowest BCUT2D eigenvalue weighted by Gasteiger charge is -2.26. The molecule has 1 unspecified atom stereocenters. The van der Waals surface area contributed by atoms with Crippen LogP contribution < -0.4 is 4.74 Å². The van der Waals surface area contributed by atoms with Crippen LogP contribution in [0.25, 0.3) is 0 Å². The van der Waals surface area contributed by atoms with Gasteiger partial charge in [0.2, 0.25) is 5.88 Å². The molecule has 29 heavy (non-hydrogen) atoms. The first-order chi connectivity index (χ1) is 14.1. The van der Waals surface area contributed by atoms with E-state index < -0.39 is 0 Å². The number of hydrogen-bond donors (Lipinski definition) is 0. The van der Waals surface area contributed by atoms with Crippen LogP contribution in [0.2, 0.25) is 0 Å². The molecule has 1 heterocycles. The van der Waals surface area contributed by atoms with Crippen molar-refractivity contribution in [1.82, 2.24) is 4.98 Å². The Morgan fingerprint density at radius 1 is 0.931 bits per heavy atom. The molecule has 2 aromatic carbocycles. The highest BCUT2D eigenvalue weighted by atomic mass is 16.5. The Morgan fingerprint density at radius 3 is 2.38 bits per heavy atom. The fraction of sp³-hybridized carbons (Fsp3) is 0.296. The summed E-state index contributed by atoms with van der Waals surface area (Å²) in [5.74, 6) is 1.45. The van der Waals surface area contributed by atoms with E-state index in [1.54, 1.807) is 0 Å². The summed E-state index contributed by atoms with van der Waals surface area (Å²) in [7, 11) is 0. The van der Waals surface area contributed by atoms with Crippen LogP contribution in [0.5, 0.6) is 11.6 Å². The van der Waals surface area contributed by atoms with Crippen molar-refractivity contribution in [3.05, 3.63) is 102 Å². The summed E-state index contributed by atoms with van der Waals surface area (Å²) in [5, 5.41) is 0. The molecule has 150 valence electrons. The molecule has 0 N–H and O–H groups in total. The Bertz CT molecular complexity index is 901. The number of allylic oxidation sites excluding steroid dienone is 1. The molecule has 0 bridgehead atoms. The Labute approximate surface area is 175 Å². The second-order valence-corrected chi connectivity index (χ2v) is 7.80. The van der Waals surface area contributed by atoms with E-state index in [0.717, 1.165) is 37.1 Å². The van der Waals surface area contributed by atoms with E-state index in [2.05, 4.69) is 61.8 Å². The highest BCUT2D eigenvalue weighted by Gasteiger charge is 2.22. The molecular formula is C27H31NO. The van der Waals surface area contributed by atoms with Gasteiger partial charge in [-0.25, -0.2) is 4.98 Å².